The Morgan fingerprint density at radius 2 is 2.28 bits per heavy atom. The van der Waals surface area contributed by atoms with Crippen LogP contribution in [0.5, 0.6) is 0 Å². The van der Waals surface area contributed by atoms with Crippen LogP contribution in [-0.4, -0.2) is 36.1 Å². The van der Waals surface area contributed by atoms with Crippen LogP contribution in [0.3, 0.4) is 0 Å². The van der Waals surface area contributed by atoms with Crippen LogP contribution in [0.15, 0.2) is 6.07 Å². The van der Waals surface area contributed by atoms with Crippen molar-refractivity contribution in [3.8, 4) is 0 Å². The SMILES string of the molecule is CCc1cc(N2CCC3(CCNC3)C2)nc(C)n1. The van der Waals surface area contributed by atoms with Crippen LogP contribution in [-0.2, 0) is 6.42 Å². The number of nitrogens with zero attached hydrogens (tertiary/aromatic N) is 3. The monoisotopic (exact) mass is 246 g/mol. The van der Waals surface area contributed by atoms with E-state index in [-0.39, 0.29) is 0 Å². The molecule has 0 saturated carbocycles. The summed E-state index contributed by atoms with van der Waals surface area (Å²) in [5.74, 6) is 2.03. The molecule has 1 atom stereocenters. The largest absolute Gasteiger partial charge is 0.356 e. The topological polar surface area (TPSA) is 41.0 Å². The highest BCUT2D eigenvalue weighted by molar-refractivity contribution is 5.42. The van der Waals surface area contributed by atoms with Gasteiger partial charge in [0.2, 0.25) is 0 Å². The summed E-state index contributed by atoms with van der Waals surface area (Å²) in [6, 6.07) is 2.16. The number of rotatable bonds is 2. The summed E-state index contributed by atoms with van der Waals surface area (Å²) in [6.07, 6.45) is 3.59. The Bertz CT molecular complexity index is 437. The zero-order valence-corrected chi connectivity index (χ0v) is 11.4. The Morgan fingerprint density at radius 3 is 3.00 bits per heavy atom. The van der Waals surface area contributed by atoms with Crippen molar-refractivity contribution in [1.82, 2.24) is 15.3 Å². The van der Waals surface area contributed by atoms with Gasteiger partial charge in [-0.05, 0) is 32.7 Å². The second-order valence-corrected chi connectivity index (χ2v) is 5.72. The molecular formula is C14H22N4. The van der Waals surface area contributed by atoms with E-state index < -0.39 is 0 Å². The highest BCUT2D eigenvalue weighted by atomic mass is 15.2. The molecule has 4 heteroatoms. The molecule has 3 heterocycles. The van der Waals surface area contributed by atoms with E-state index in [4.69, 9.17) is 0 Å². The molecule has 2 saturated heterocycles. The second kappa shape index (κ2) is 4.50. The molecule has 0 bridgehead atoms. The molecule has 98 valence electrons. The Labute approximate surface area is 109 Å². The molecule has 1 aromatic rings. The van der Waals surface area contributed by atoms with E-state index in [1.807, 2.05) is 6.92 Å². The minimum atomic E-state index is 0.505. The van der Waals surface area contributed by atoms with Crippen molar-refractivity contribution >= 4 is 5.82 Å². The van der Waals surface area contributed by atoms with Crippen LogP contribution >= 0.6 is 0 Å². The van der Waals surface area contributed by atoms with Gasteiger partial charge in [0, 0.05) is 36.8 Å². The van der Waals surface area contributed by atoms with E-state index in [0.29, 0.717) is 5.41 Å². The van der Waals surface area contributed by atoms with Crippen LogP contribution in [0, 0.1) is 12.3 Å². The number of aromatic nitrogens is 2. The third-order valence-electron chi connectivity index (χ3n) is 4.33. The summed E-state index contributed by atoms with van der Waals surface area (Å²) in [7, 11) is 0. The molecule has 4 nitrogen and oxygen atoms in total. The van der Waals surface area contributed by atoms with E-state index in [1.54, 1.807) is 0 Å². The van der Waals surface area contributed by atoms with Crippen LogP contribution in [0.25, 0.3) is 0 Å². The predicted octanol–water partition coefficient (Wildman–Crippen LogP) is 1.54. The number of anilines is 1. The van der Waals surface area contributed by atoms with E-state index >= 15 is 0 Å². The lowest BCUT2D eigenvalue weighted by molar-refractivity contribution is 0.369. The number of aryl methyl sites for hydroxylation is 2. The molecule has 1 aromatic heterocycles. The van der Waals surface area contributed by atoms with Gasteiger partial charge in [-0.15, -0.1) is 0 Å². The normalized spacial score (nSPS) is 27.3. The number of hydrogen-bond acceptors (Lipinski definition) is 4. The molecule has 0 aromatic carbocycles. The third kappa shape index (κ3) is 2.09. The zero-order valence-electron chi connectivity index (χ0n) is 11.4. The van der Waals surface area contributed by atoms with E-state index in [1.165, 1.54) is 25.9 Å². The molecule has 18 heavy (non-hydrogen) atoms. The minimum absolute atomic E-state index is 0.505. The van der Waals surface area contributed by atoms with E-state index in [9.17, 15) is 0 Å². The van der Waals surface area contributed by atoms with Gasteiger partial charge >= 0.3 is 0 Å². The highest BCUT2D eigenvalue weighted by Crippen LogP contribution is 2.37. The first-order chi connectivity index (χ1) is 8.71. The smallest absolute Gasteiger partial charge is 0.132 e. The van der Waals surface area contributed by atoms with Crippen molar-refractivity contribution in [2.24, 2.45) is 5.41 Å². The quantitative estimate of drug-likeness (QED) is 0.859. The predicted molar refractivity (Wildman–Crippen MR) is 72.9 cm³/mol. The molecule has 0 aliphatic carbocycles. The first kappa shape index (κ1) is 11.9. The van der Waals surface area contributed by atoms with Crippen molar-refractivity contribution in [3.05, 3.63) is 17.6 Å². The Hall–Kier alpha value is -1.16. The summed E-state index contributed by atoms with van der Waals surface area (Å²) in [5, 5.41) is 3.50. The zero-order chi connectivity index (χ0) is 12.6. The van der Waals surface area contributed by atoms with E-state index in [0.717, 1.165) is 36.8 Å². The molecule has 2 aliphatic heterocycles. The average molecular weight is 246 g/mol. The molecular weight excluding hydrogens is 224 g/mol. The first-order valence-corrected chi connectivity index (χ1v) is 7.01. The molecule has 3 rings (SSSR count). The summed E-state index contributed by atoms with van der Waals surface area (Å²) >= 11 is 0. The lowest BCUT2D eigenvalue weighted by Gasteiger charge is -2.23. The Kier molecular flexibility index (Phi) is 2.98. The summed E-state index contributed by atoms with van der Waals surface area (Å²) in [6.45, 7) is 8.79. The fourth-order valence-electron chi connectivity index (χ4n) is 3.23. The molecule has 1 unspecified atom stereocenters. The van der Waals surface area contributed by atoms with Gasteiger partial charge in [-0.1, -0.05) is 6.92 Å². The molecule has 1 N–H and O–H groups in total. The minimum Gasteiger partial charge on any atom is -0.356 e. The van der Waals surface area contributed by atoms with Gasteiger partial charge in [0.15, 0.2) is 0 Å². The Balaban J connectivity index is 1.81. The molecule has 2 aliphatic rings. The van der Waals surface area contributed by atoms with Gasteiger partial charge in [0.1, 0.15) is 11.6 Å². The summed E-state index contributed by atoms with van der Waals surface area (Å²) in [5.41, 5.74) is 1.66. The van der Waals surface area contributed by atoms with Gasteiger partial charge in [-0.25, -0.2) is 9.97 Å². The number of nitrogens with one attached hydrogen (secondary N) is 1. The average Bonchev–Trinajstić information content (AvgIpc) is 3.00. The fourth-order valence-corrected chi connectivity index (χ4v) is 3.23. The van der Waals surface area contributed by atoms with Crippen LogP contribution in [0.4, 0.5) is 5.82 Å². The molecule has 1 spiro atoms. The van der Waals surface area contributed by atoms with Gasteiger partial charge in [-0.2, -0.15) is 0 Å². The maximum atomic E-state index is 4.61. The van der Waals surface area contributed by atoms with Crippen LogP contribution in [0.2, 0.25) is 0 Å². The van der Waals surface area contributed by atoms with Crippen LogP contribution in [0.1, 0.15) is 31.3 Å². The van der Waals surface area contributed by atoms with Crippen molar-refractivity contribution in [2.45, 2.75) is 33.1 Å². The van der Waals surface area contributed by atoms with Crippen molar-refractivity contribution in [1.29, 1.82) is 0 Å². The molecule has 0 amide bonds. The summed E-state index contributed by atoms with van der Waals surface area (Å²) in [4.78, 5) is 11.5. The van der Waals surface area contributed by atoms with Crippen molar-refractivity contribution in [2.75, 3.05) is 31.1 Å². The van der Waals surface area contributed by atoms with Crippen molar-refractivity contribution in [3.63, 3.8) is 0 Å². The van der Waals surface area contributed by atoms with Gasteiger partial charge in [-0.3, -0.25) is 0 Å². The second-order valence-electron chi connectivity index (χ2n) is 5.72. The van der Waals surface area contributed by atoms with Crippen molar-refractivity contribution < 1.29 is 0 Å². The number of hydrogen-bond donors (Lipinski definition) is 1. The van der Waals surface area contributed by atoms with E-state index in [2.05, 4.69) is 33.2 Å². The van der Waals surface area contributed by atoms with Gasteiger partial charge in [0.25, 0.3) is 0 Å². The van der Waals surface area contributed by atoms with Gasteiger partial charge < -0.3 is 10.2 Å². The fraction of sp³-hybridized carbons (Fsp3) is 0.714. The lowest BCUT2D eigenvalue weighted by atomic mass is 9.87. The Morgan fingerprint density at radius 1 is 1.39 bits per heavy atom. The maximum Gasteiger partial charge on any atom is 0.132 e. The first-order valence-electron chi connectivity index (χ1n) is 7.01. The highest BCUT2D eigenvalue weighted by Gasteiger charge is 2.40. The summed E-state index contributed by atoms with van der Waals surface area (Å²) < 4.78 is 0. The van der Waals surface area contributed by atoms with Crippen LogP contribution < -0.4 is 10.2 Å². The molecule has 2 fully saturated rings. The lowest BCUT2D eigenvalue weighted by Crippen LogP contribution is -2.29. The maximum absolute atomic E-state index is 4.61. The molecule has 0 radical (unpaired) electrons. The standard InChI is InChI=1S/C14H22N4/c1-3-12-8-13(17-11(2)16-12)18-7-5-14(10-18)4-6-15-9-14/h8,15H,3-7,9-10H2,1-2H3. The third-order valence-corrected chi connectivity index (χ3v) is 4.33. The van der Waals surface area contributed by atoms with Gasteiger partial charge in [0.05, 0.1) is 0 Å².